The van der Waals surface area contributed by atoms with E-state index in [1.54, 1.807) is 26.1 Å². The number of hydrogen-bond acceptors (Lipinski definition) is 6. The number of carboxylic acids is 1. The summed E-state index contributed by atoms with van der Waals surface area (Å²) in [4.78, 5) is 15.5. The van der Waals surface area contributed by atoms with Gasteiger partial charge in [-0.15, -0.1) is 0 Å². The van der Waals surface area contributed by atoms with Crippen LogP contribution < -0.4 is 10.1 Å². The number of benzene rings is 1. The predicted octanol–water partition coefficient (Wildman–Crippen LogP) is 2.50. The van der Waals surface area contributed by atoms with Crippen LogP contribution in [0.25, 0.3) is 5.65 Å². The van der Waals surface area contributed by atoms with Gasteiger partial charge in [0, 0.05) is 11.8 Å². The van der Waals surface area contributed by atoms with Crippen LogP contribution in [-0.4, -0.2) is 43.5 Å². The van der Waals surface area contributed by atoms with E-state index in [1.807, 2.05) is 0 Å². The van der Waals surface area contributed by atoms with Gasteiger partial charge in [-0.05, 0) is 38.1 Å². The number of hydrogen-bond donors (Lipinski definition) is 3. The molecule has 0 aliphatic heterocycles. The Bertz CT molecular complexity index is 975. The monoisotopic (exact) mass is 374 g/mol. The quantitative estimate of drug-likeness (QED) is 0.583. The highest BCUT2D eigenvalue weighted by atomic mass is 19.1. The molecule has 0 fully saturated rings. The van der Waals surface area contributed by atoms with Gasteiger partial charge in [0.15, 0.2) is 5.65 Å². The Hall–Kier alpha value is -3.20. The summed E-state index contributed by atoms with van der Waals surface area (Å²) in [5, 5.41) is 25.4. The topological polar surface area (TPSA) is 109 Å². The SMILES string of the molecule is C[C@@H](CO)Oc1ccc(F)cc1[C@@H](C)Nc1ccn2ncc(C(=O)O)c2n1. The van der Waals surface area contributed by atoms with Crippen LogP contribution in [0.4, 0.5) is 10.2 Å². The van der Waals surface area contributed by atoms with Crippen LogP contribution in [0.15, 0.2) is 36.7 Å². The number of aliphatic hydroxyl groups is 1. The molecule has 8 nitrogen and oxygen atoms in total. The number of rotatable bonds is 7. The molecule has 1 aromatic carbocycles. The van der Waals surface area contributed by atoms with E-state index in [9.17, 15) is 19.4 Å². The van der Waals surface area contributed by atoms with Gasteiger partial charge in [-0.2, -0.15) is 5.10 Å². The van der Waals surface area contributed by atoms with E-state index in [0.29, 0.717) is 17.1 Å². The summed E-state index contributed by atoms with van der Waals surface area (Å²) in [6.45, 7) is 3.33. The van der Waals surface area contributed by atoms with Crippen molar-refractivity contribution in [3.8, 4) is 5.75 Å². The number of ether oxygens (including phenoxy) is 1. The van der Waals surface area contributed by atoms with Gasteiger partial charge in [0.1, 0.15) is 29.1 Å². The average Bonchev–Trinajstić information content (AvgIpc) is 3.06. The van der Waals surface area contributed by atoms with Gasteiger partial charge in [0.25, 0.3) is 0 Å². The molecule has 3 rings (SSSR count). The second-order valence-electron chi connectivity index (χ2n) is 6.10. The van der Waals surface area contributed by atoms with Crippen molar-refractivity contribution < 1.29 is 24.1 Å². The van der Waals surface area contributed by atoms with E-state index in [0.717, 1.165) is 0 Å². The first-order valence-electron chi connectivity index (χ1n) is 8.30. The smallest absolute Gasteiger partial charge is 0.341 e. The Kier molecular flexibility index (Phi) is 5.22. The van der Waals surface area contributed by atoms with Crippen molar-refractivity contribution in [1.82, 2.24) is 14.6 Å². The largest absolute Gasteiger partial charge is 0.488 e. The first-order valence-corrected chi connectivity index (χ1v) is 8.30. The zero-order valence-electron chi connectivity index (χ0n) is 14.8. The van der Waals surface area contributed by atoms with Gasteiger partial charge in [-0.25, -0.2) is 18.7 Å². The maximum absolute atomic E-state index is 13.7. The molecule has 3 N–H and O–H groups in total. The minimum Gasteiger partial charge on any atom is -0.488 e. The van der Waals surface area contributed by atoms with Crippen LogP contribution in [-0.2, 0) is 0 Å². The summed E-state index contributed by atoms with van der Waals surface area (Å²) >= 11 is 0. The lowest BCUT2D eigenvalue weighted by Crippen LogP contribution is -2.18. The maximum atomic E-state index is 13.7. The molecule has 0 saturated carbocycles. The lowest BCUT2D eigenvalue weighted by molar-refractivity contribution is 0.0698. The van der Waals surface area contributed by atoms with Crippen LogP contribution in [0.2, 0.25) is 0 Å². The number of fused-ring (bicyclic) bond motifs is 1. The van der Waals surface area contributed by atoms with Gasteiger partial charge in [-0.1, -0.05) is 0 Å². The Balaban J connectivity index is 1.90. The van der Waals surface area contributed by atoms with Crippen LogP contribution in [0.5, 0.6) is 5.75 Å². The Labute approximate surface area is 154 Å². The minimum atomic E-state index is -1.12. The number of nitrogens with one attached hydrogen (secondary N) is 1. The molecule has 0 spiro atoms. The van der Waals surface area contributed by atoms with Crippen molar-refractivity contribution in [3.63, 3.8) is 0 Å². The van der Waals surface area contributed by atoms with E-state index in [1.165, 1.54) is 28.9 Å². The lowest BCUT2D eigenvalue weighted by atomic mass is 10.1. The van der Waals surface area contributed by atoms with Crippen molar-refractivity contribution in [2.45, 2.75) is 26.0 Å². The zero-order valence-corrected chi connectivity index (χ0v) is 14.8. The van der Waals surface area contributed by atoms with Gasteiger partial charge < -0.3 is 20.3 Å². The predicted molar refractivity (Wildman–Crippen MR) is 95.6 cm³/mol. The Morgan fingerprint density at radius 3 is 2.85 bits per heavy atom. The van der Waals surface area contributed by atoms with Crippen LogP contribution in [0.3, 0.4) is 0 Å². The number of aromatic nitrogens is 3. The third-order valence-corrected chi connectivity index (χ3v) is 3.99. The highest BCUT2D eigenvalue weighted by Crippen LogP contribution is 2.29. The molecular formula is C18H19FN4O4. The second-order valence-corrected chi connectivity index (χ2v) is 6.10. The highest BCUT2D eigenvalue weighted by Gasteiger charge is 2.17. The number of aliphatic hydroxyl groups excluding tert-OH is 1. The molecular weight excluding hydrogens is 355 g/mol. The normalized spacial score (nSPS) is 13.3. The lowest BCUT2D eigenvalue weighted by Gasteiger charge is -2.21. The molecule has 2 atom stereocenters. The summed E-state index contributed by atoms with van der Waals surface area (Å²) in [5.74, 6) is -0.699. The Morgan fingerprint density at radius 1 is 1.37 bits per heavy atom. The molecule has 0 unspecified atom stereocenters. The van der Waals surface area contributed by atoms with E-state index in [4.69, 9.17) is 4.74 Å². The van der Waals surface area contributed by atoms with Crippen molar-refractivity contribution in [1.29, 1.82) is 0 Å². The van der Waals surface area contributed by atoms with Crippen LogP contribution in [0, 0.1) is 5.82 Å². The molecule has 2 heterocycles. The summed E-state index contributed by atoms with van der Waals surface area (Å²) < 4.78 is 20.8. The summed E-state index contributed by atoms with van der Waals surface area (Å²) in [5.41, 5.74) is 0.728. The molecule has 142 valence electrons. The molecule has 0 aliphatic rings. The molecule has 27 heavy (non-hydrogen) atoms. The first kappa shape index (κ1) is 18.6. The number of carbonyl (C=O) groups is 1. The molecule has 3 aromatic rings. The third kappa shape index (κ3) is 3.98. The number of anilines is 1. The van der Waals surface area contributed by atoms with E-state index >= 15 is 0 Å². The number of nitrogens with zero attached hydrogens (tertiary/aromatic N) is 3. The summed E-state index contributed by atoms with van der Waals surface area (Å²) in [6.07, 6.45) is 2.37. The minimum absolute atomic E-state index is 0.0159. The van der Waals surface area contributed by atoms with Gasteiger partial charge >= 0.3 is 5.97 Å². The van der Waals surface area contributed by atoms with Crippen LogP contribution in [0.1, 0.15) is 35.8 Å². The third-order valence-electron chi connectivity index (χ3n) is 3.99. The average molecular weight is 374 g/mol. The molecule has 2 aromatic heterocycles. The fourth-order valence-electron chi connectivity index (χ4n) is 2.62. The number of aromatic carboxylic acids is 1. The maximum Gasteiger partial charge on any atom is 0.341 e. The molecule has 0 bridgehead atoms. The number of halogens is 1. The van der Waals surface area contributed by atoms with Crippen molar-refractivity contribution in [3.05, 3.63) is 53.6 Å². The van der Waals surface area contributed by atoms with Crippen molar-refractivity contribution in [2.24, 2.45) is 0 Å². The van der Waals surface area contributed by atoms with Crippen molar-refractivity contribution >= 4 is 17.4 Å². The molecule has 0 aliphatic carbocycles. The number of carboxylic acid groups (broad SMARTS) is 1. The fourth-order valence-corrected chi connectivity index (χ4v) is 2.62. The Morgan fingerprint density at radius 2 is 2.15 bits per heavy atom. The van der Waals surface area contributed by atoms with Crippen molar-refractivity contribution in [2.75, 3.05) is 11.9 Å². The summed E-state index contributed by atoms with van der Waals surface area (Å²) in [7, 11) is 0. The van der Waals surface area contributed by atoms with E-state index < -0.39 is 23.9 Å². The molecule has 0 radical (unpaired) electrons. The first-order chi connectivity index (χ1) is 12.9. The zero-order chi connectivity index (χ0) is 19.6. The molecule has 9 heteroatoms. The van der Waals surface area contributed by atoms with E-state index in [2.05, 4.69) is 15.4 Å². The fraction of sp³-hybridized carbons (Fsp3) is 0.278. The second kappa shape index (κ2) is 7.58. The summed E-state index contributed by atoms with van der Waals surface area (Å²) in [6, 6.07) is 5.37. The van der Waals surface area contributed by atoms with Gasteiger partial charge in [-0.3, -0.25) is 0 Å². The molecule has 0 amide bonds. The van der Waals surface area contributed by atoms with E-state index in [-0.39, 0.29) is 17.8 Å². The van der Waals surface area contributed by atoms with Crippen LogP contribution >= 0.6 is 0 Å². The standard InChI is InChI=1S/C18H19FN4O4/c1-10(9-24)27-15-4-3-12(19)7-13(15)11(2)21-16-5-6-23-17(22-16)14(8-20-23)18(25)26/h3-8,10-11,24H,9H2,1-2H3,(H,21,22)(H,25,26)/t10-,11+/m0/s1. The molecule has 0 saturated heterocycles. The highest BCUT2D eigenvalue weighted by molar-refractivity contribution is 5.94. The van der Waals surface area contributed by atoms with Gasteiger partial charge in [0.2, 0.25) is 0 Å². The van der Waals surface area contributed by atoms with Gasteiger partial charge in [0.05, 0.1) is 18.8 Å².